The van der Waals surface area contributed by atoms with Gasteiger partial charge >= 0.3 is 0 Å². The van der Waals surface area contributed by atoms with E-state index in [4.69, 9.17) is 40.4 Å². The average molecular weight is 485 g/mol. The first-order valence-electron chi connectivity index (χ1n) is 10.1. The van der Waals surface area contributed by atoms with Crippen molar-refractivity contribution in [1.82, 2.24) is 15.3 Å². The second kappa shape index (κ2) is 9.81. The highest BCUT2D eigenvalue weighted by atomic mass is 35.5. The number of thiocarbonyl (C=S) groups is 1. The van der Waals surface area contributed by atoms with Gasteiger partial charge in [0.05, 0.1) is 16.8 Å². The van der Waals surface area contributed by atoms with Gasteiger partial charge in [0.2, 0.25) is 11.9 Å². The van der Waals surface area contributed by atoms with E-state index in [0.717, 1.165) is 24.2 Å². The molecule has 4 rings (SSSR count). The lowest BCUT2D eigenvalue weighted by atomic mass is 10.1. The van der Waals surface area contributed by atoms with Gasteiger partial charge in [0.25, 0.3) is 0 Å². The average Bonchev–Trinajstić information content (AvgIpc) is 3.11. The molecule has 0 bridgehead atoms. The number of hydrogen-bond donors (Lipinski definition) is 3. The third-order valence-electron chi connectivity index (χ3n) is 4.96. The van der Waals surface area contributed by atoms with Crippen LogP contribution in [0, 0.1) is 13.8 Å². The summed E-state index contributed by atoms with van der Waals surface area (Å²) in [5.41, 5.74) is 5.00. The number of anilines is 2. The summed E-state index contributed by atoms with van der Waals surface area (Å²) in [6.07, 6.45) is 1.72. The van der Waals surface area contributed by atoms with E-state index in [0.29, 0.717) is 32.8 Å². The Morgan fingerprint density at radius 1 is 0.969 bits per heavy atom. The van der Waals surface area contributed by atoms with Crippen LogP contribution in [-0.2, 0) is 12.8 Å². The van der Waals surface area contributed by atoms with Crippen LogP contribution in [0.4, 0.5) is 11.6 Å². The minimum atomic E-state index is 0.0789. The van der Waals surface area contributed by atoms with Crippen LogP contribution in [0.3, 0.4) is 0 Å². The molecule has 1 aliphatic carbocycles. The molecule has 1 heterocycles. The molecular formula is C23H22Cl2N6S. The summed E-state index contributed by atoms with van der Waals surface area (Å²) in [6.45, 7) is 3.85. The fourth-order valence-corrected chi connectivity index (χ4v) is 4.31. The Hall–Kier alpha value is -2.74. The molecule has 0 spiro atoms. The van der Waals surface area contributed by atoms with Crippen LogP contribution < -0.4 is 16.0 Å². The smallest absolute Gasteiger partial charge is 0.229 e. The molecule has 1 aromatic heterocycles. The van der Waals surface area contributed by atoms with Gasteiger partial charge in [-0.2, -0.15) is 0 Å². The number of guanidine groups is 1. The fourth-order valence-electron chi connectivity index (χ4n) is 3.64. The molecule has 3 N–H and O–H groups in total. The first-order valence-corrected chi connectivity index (χ1v) is 11.3. The number of aliphatic imine (C=N–C) groups is 1. The quantitative estimate of drug-likeness (QED) is 0.265. The Morgan fingerprint density at radius 3 is 2.25 bits per heavy atom. The van der Waals surface area contributed by atoms with Crippen LogP contribution in [0.25, 0.3) is 0 Å². The summed E-state index contributed by atoms with van der Waals surface area (Å²) in [5.74, 6) is 0.923. The molecule has 0 unspecified atom stereocenters. The summed E-state index contributed by atoms with van der Waals surface area (Å²) in [7, 11) is 0. The van der Waals surface area contributed by atoms with E-state index in [-0.39, 0.29) is 6.04 Å². The number of fused-ring (bicyclic) bond motifs is 1. The third-order valence-corrected chi connectivity index (χ3v) is 5.72. The van der Waals surface area contributed by atoms with Crippen LogP contribution in [0.5, 0.6) is 0 Å². The van der Waals surface area contributed by atoms with Gasteiger partial charge in [0, 0.05) is 16.4 Å². The number of hydrogen-bond acceptors (Lipinski definition) is 4. The normalized spacial score (nSPS) is 13.6. The van der Waals surface area contributed by atoms with E-state index in [1.165, 1.54) is 11.1 Å². The van der Waals surface area contributed by atoms with Gasteiger partial charge in [0.15, 0.2) is 5.11 Å². The zero-order chi connectivity index (χ0) is 22.7. The predicted octanol–water partition coefficient (Wildman–Crippen LogP) is 5.32. The number of benzene rings is 2. The van der Waals surface area contributed by atoms with Crippen LogP contribution in [-0.4, -0.2) is 27.1 Å². The first-order chi connectivity index (χ1) is 15.4. The molecule has 0 amide bonds. The number of nitrogens with zero attached hydrogens (tertiary/aromatic N) is 3. The molecule has 0 saturated heterocycles. The minimum absolute atomic E-state index is 0.0789. The largest absolute Gasteiger partial charge is 0.331 e. The SMILES string of the molecule is Cc1cc(C)nc(NC(=NC2Cc3ccccc3C2)NC(=S)Nc2ccc(Cl)cc2Cl)n1. The Bertz CT molecular complexity index is 1150. The second-order valence-electron chi connectivity index (χ2n) is 7.61. The topological polar surface area (TPSA) is 74.2 Å². The van der Waals surface area contributed by atoms with Crippen LogP contribution >= 0.6 is 35.4 Å². The molecule has 6 nitrogen and oxygen atoms in total. The van der Waals surface area contributed by atoms with Gasteiger partial charge in [-0.1, -0.05) is 47.5 Å². The number of nitrogens with one attached hydrogen (secondary N) is 3. The van der Waals surface area contributed by atoms with Crippen molar-refractivity contribution < 1.29 is 0 Å². The molecule has 2 aromatic carbocycles. The summed E-state index contributed by atoms with van der Waals surface area (Å²) in [4.78, 5) is 13.8. The lowest BCUT2D eigenvalue weighted by Crippen LogP contribution is -2.40. The zero-order valence-corrected chi connectivity index (χ0v) is 19.9. The molecule has 0 radical (unpaired) electrons. The fraction of sp³-hybridized carbons (Fsp3) is 0.217. The van der Waals surface area contributed by atoms with Gasteiger partial charge in [-0.05, 0) is 74.3 Å². The molecule has 0 aliphatic heterocycles. The van der Waals surface area contributed by atoms with E-state index in [2.05, 4.69) is 50.2 Å². The minimum Gasteiger partial charge on any atom is -0.331 e. The van der Waals surface area contributed by atoms with E-state index in [9.17, 15) is 0 Å². The Labute approximate surface area is 202 Å². The van der Waals surface area contributed by atoms with Crippen molar-refractivity contribution in [2.45, 2.75) is 32.7 Å². The van der Waals surface area contributed by atoms with Crippen LogP contribution in [0.1, 0.15) is 22.5 Å². The van der Waals surface area contributed by atoms with E-state index < -0.39 is 0 Å². The standard InChI is InChI=1S/C23H22Cl2N6S/c1-13-9-14(2)27-21(26-13)30-22(28-18-10-15-5-3-4-6-16(15)11-18)31-23(32)29-20-8-7-17(24)12-19(20)25/h3-9,12,18H,10-11H2,1-2H3,(H3,26,27,28,29,30,31,32). The monoisotopic (exact) mass is 484 g/mol. The number of aryl methyl sites for hydroxylation is 2. The maximum Gasteiger partial charge on any atom is 0.229 e. The third kappa shape index (κ3) is 5.73. The maximum atomic E-state index is 6.26. The van der Waals surface area contributed by atoms with Crippen molar-refractivity contribution in [1.29, 1.82) is 0 Å². The number of aromatic nitrogens is 2. The van der Waals surface area contributed by atoms with Crippen LogP contribution in [0.2, 0.25) is 10.0 Å². The van der Waals surface area contributed by atoms with Gasteiger partial charge in [-0.25, -0.2) is 15.0 Å². The zero-order valence-electron chi connectivity index (χ0n) is 17.6. The van der Waals surface area contributed by atoms with E-state index in [1.54, 1.807) is 18.2 Å². The second-order valence-corrected chi connectivity index (χ2v) is 8.86. The molecule has 0 saturated carbocycles. The maximum absolute atomic E-state index is 6.26. The van der Waals surface area contributed by atoms with Crippen molar-refractivity contribution >= 4 is 58.1 Å². The summed E-state index contributed by atoms with van der Waals surface area (Å²) < 4.78 is 0. The molecular weight excluding hydrogens is 463 g/mol. The summed E-state index contributed by atoms with van der Waals surface area (Å²) in [5, 5.41) is 10.8. The van der Waals surface area contributed by atoms with Crippen molar-refractivity contribution in [3.05, 3.63) is 81.1 Å². The van der Waals surface area contributed by atoms with Crippen molar-refractivity contribution in [2.24, 2.45) is 4.99 Å². The van der Waals surface area contributed by atoms with Gasteiger partial charge in [-0.3, -0.25) is 5.32 Å². The highest BCUT2D eigenvalue weighted by molar-refractivity contribution is 7.80. The van der Waals surface area contributed by atoms with Crippen molar-refractivity contribution in [2.75, 3.05) is 10.6 Å². The van der Waals surface area contributed by atoms with E-state index >= 15 is 0 Å². The molecule has 164 valence electrons. The Morgan fingerprint density at radius 2 is 1.62 bits per heavy atom. The van der Waals surface area contributed by atoms with Gasteiger partial charge in [0.1, 0.15) is 0 Å². The first kappa shape index (κ1) is 22.5. The molecule has 9 heteroatoms. The summed E-state index contributed by atoms with van der Waals surface area (Å²) >= 11 is 17.8. The lowest BCUT2D eigenvalue weighted by molar-refractivity contribution is 0.720. The van der Waals surface area contributed by atoms with Gasteiger partial charge in [-0.15, -0.1) is 0 Å². The highest BCUT2D eigenvalue weighted by Crippen LogP contribution is 2.26. The molecule has 0 fully saturated rings. The van der Waals surface area contributed by atoms with Crippen LogP contribution in [0.15, 0.2) is 53.5 Å². The molecule has 3 aromatic rings. The van der Waals surface area contributed by atoms with Gasteiger partial charge < -0.3 is 10.6 Å². The highest BCUT2D eigenvalue weighted by Gasteiger charge is 2.21. The predicted molar refractivity (Wildman–Crippen MR) is 136 cm³/mol. The van der Waals surface area contributed by atoms with Crippen molar-refractivity contribution in [3.8, 4) is 0 Å². The summed E-state index contributed by atoms with van der Waals surface area (Å²) in [6, 6.07) is 15.6. The number of rotatable bonds is 3. The molecule has 32 heavy (non-hydrogen) atoms. The Kier molecular flexibility index (Phi) is 6.89. The van der Waals surface area contributed by atoms with Crippen molar-refractivity contribution in [3.63, 3.8) is 0 Å². The molecule has 1 aliphatic rings. The van der Waals surface area contributed by atoms with E-state index in [1.807, 2.05) is 19.9 Å². The lowest BCUT2D eigenvalue weighted by Gasteiger charge is -2.16. The molecule has 0 atom stereocenters. The Balaban J connectivity index is 1.54. The number of halogens is 2.